The molecule has 1 aromatic heterocycles. The Kier molecular flexibility index (Phi) is 4.78. The Balaban J connectivity index is 1.67. The first-order valence-electron chi connectivity index (χ1n) is 9.76. The van der Waals surface area contributed by atoms with Crippen LogP contribution in [-0.2, 0) is 22.1 Å². The zero-order valence-electron chi connectivity index (χ0n) is 16.9. The highest BCUT2D eigenvalue weighted by atomic mass is 16.5. The van der Waals surface area contributed by atoms with Gasteiger partial charge in [0.1, 0.15) is 18.3 Å². The zero-order valence-corrected chi connectivity index (χ0v) is 16.9. The number of ether oxygens (including phenoxy) is 1. The summed E-state index contributed by atoms with van der Waals surface area (Å²) in [6, 6.07) is 13.2. The van der Waals surface area contributed by atoms with Gasteiger partial charge in [-0.05, 0) is 31.0 Å². The van der Waals surface area contributed by atoms with Crippen LogP contribution in [0.25, 0.3) is 0 Å². The summed E-state index contributed by atoms with van der Waals surface area (Å²) >= 11 is 0. The number of piperidine rings is 1. The minimum atomic E-state index is -0.619. The van der Waals surface area contributed by atoms with Crippen molar-refractivity contribution in [3.63, 3.8) is 0 Å². The number of morpholine rings is 1. The molecular formula is C22H25N3O4. The Morgan fingerprint density at radius 3 is 2.55 bits per heavy atom. The van der Waals surface area contributed by atoms with Crippen LogP contribution in [0.3, 0.4) is 0 Å². The fourth-order valence-electron chi connectivity index (χ4n) is 4.47. The Hall–Kier alpha value is -2.93. The van der Waals surface area contributed by atoms with Gasteiger partial charge in [-0.15, -0.1) is 0 Å². The van der Waals surface area contributed by atoms with Crippen molar-refractivity contribution in [1.82, 2.24) is 14.4 Å². The van der Waals surface area contributed by atoms with E-state index in [2.05, 4.69) is 0 Å². The third-order valence-electron chi connectivity index (χ3n) is 6.41. The van der Waals surface area contributed by atoms with Gasteiger partial charge in [-0.25, -0.2) is 0 Å². The first-order chi connectivity index (χ1) is 13.9. The molecule has 2 aliphatic rings. The van der Waals surface area contributed by atoms with Crippen molar-refractivity contribution >= 4 is 11.8 Å². The second-order valence-electron chi connectivity index (χ2n) is 7.80. The summed E-state index contributed by atoms with van der Waals surface area (Å²) in [5, 5.41) is 0. The van der Waals surface area contributed by atoms with Crippen molar-refractivity contribution in [2.45, 2.75) is 25.0 Å². The lowest BCUT2D eigenvalue weighted by molar-refractivity contribution is -0.180. The number of hydrogen-bond donors (Lipinski definition) is 0. The molecule has 1 aromatic carbocycles. The van der Waals surface area contributed by atoms with Gasteiger partial charge in [0.05, 0.1) is 5.54 Å². The Labute approximate surface area is 169 Å². The third-order valence-corrected chi connectivity index (χ3v) is 6.41. The number of fused-ring (bicyclic) bond motifs is 1. The van der Waals surface area contributed by atoms with Gasteiger partial charge >= 0.3 is 0 Å². The molecule has 4 rings (SSSR count). The van der Waals surface area contributed by atoms with Gasteiger partial charge in [0.2, 0.25) is 5.91 Å². The quantitative estimate of drug-likeness (QED) is 0.768. The number of amides is 2. The van der Waals surface area contributed by atoms with E-state index in [-0.39, 0.29) is 35.6 Å². The molecule has 0 N–H and O–H groups in total. The van der Waals surface area contributed by atoms with Crippen molar-refractivity contribution < 1.29 is 14.3 Å². The molecule has 0 unspecified atom stereocenters. The van der Waals surface area contributed by atoms with Crippen LogP contribution < -0.4 is 5.56 Å². The normalized spacial score (nSPS) is 24.4. The van der Waals surface area contributed by atoms with Crippen molar-refractivity contribution in [2.24, 2.45) is 7.05 Å². The molecule has 7 nitrogen and oxygen atoms in total. The second kappa shape index (κ2) is 7.15. The summed E-state index contributed by atoms with van der Waals surface area (Å²) in [4.78, 5) is 41.6. The minimum absolute atomic E-state index is 0.00984. The van der Waals surface area contributed by atoms with Gasteiger partial charge in [0.25, 0.3) is 11.5 Å². The molecule has 152 valence electrons. The Morgan fingerprint density at radius 2 is 1.83 bits per heavy atom. The van der Waals surface area contributed by atoms with Crippen LogP contribution in [-0.4, -0.2) is 59.0 Å². The van der Waals surface area contributed by atoms with E-state index in [4.69, 9.17) is 4.74 Å². The molecule has 2 aromatic rings. The lowest BCUT2D eigenvalue weighted by atomic mass is 9.76. The number of carbonyl (C=O) groups is 2. The van der Waals surface area contributed by atoms with Crippen LogP contribution in [0, 0.1) is 6.92 Å². The molecular weight excluding hydrogens is 370 g/mol. The van der Waals surface area contributed by atoms with E-state index in [9.17, 15) is 14.4 Å². The first-order valence-corrected chi connectivity index (χ1v) is 9.76. The molecule has 3 heterocycles. The van der Waals surface area contributed by atoms with Gasteiger partial charge in [0, 0.05) is 32.9 Å². The summed E-state index contributed by atoms with van der Waals surface area (Å²) in [5.74, 6) is -0.368. The summed E-state index contributed by atoms with van der Waals surface area (Å²) in [6.45, 7) is 2.57. The molecule has 0 spiro atoms. The number of aromatic nitrogens is 1. The number of likely N-dealkylation sites (N-methyl/N-ethyl adjacent to an activating group) is 1. The monoisotopic (exact) mass is 395 g/mol. The fraction of sp³-hybridized carbons (Fsp3) is 0.409. The maximum absolute atomic E-state index is 13.1. The van der Waals surface area contributed by atoms with Gasteiger partial charge in [-0.2, -0.15) is 0 Å². The second-order valence-corrected chi connectivity index (χ2v) is 7.80. The number of pyridine rings is 1. The molecule has 0 saturated carbocycles. The number of aryl methyl sites for hydroxylation is 1. The molecule has 0 aliphatic carbocycles. The summed E-state index contributed by atoms with van der Waals surface area (Å²) in [5.41, 5.74) is 1.03. The predicted octanol–water partition coefficient (Wildman–Crippen LogP) is 1.29. The van der Waals surface area contributed by atoms with Crippen molar-refractivity contribution in [3.8, 4) is 0 Å². The summed E-state index contributed by atoms with van der Waals surface area (Å²) in [7, 11) is 3.47. The number of likely N-dealkylation sites (tertiary alicyclic amines) is 1. The SMILES string of the molecule is Cc1ccc(C(=O)N2CC[C@]3(c4ccccc4)[C@@H](C2)OCC(=O)N3C)c(=O)n1C. The molecule has 2 fully saturated rings. The topological polar surface area (TPSA) is 71.8 Å². The number of carbonyl (C=O) groups excluding carboxylic acids is 2. The largest absolute Gasteiger partial charge is 0.364 e. The van der Waals surface area contributed by atoms with Crippen LogP contribution in [0.15, 0.2) is 47.3 Å². The first kappa shape index (κ1) is 19.4. The van der Waals surface area contributed by atoms with E-state index in [1.54, 1.807) is 36.0 Å². The standard InChI is InChI=1S/C22H25N3O4/c1-15-9-10-17(20(27)23(15)2)21(28)25-12-11-22(16-7-5-4-6-8-16)18(13-25)29-14-19(26)24(22)3/h4-10,18H,11-14H2,1-3H3/t18-,22+/m1/s1. The summed E-state index contributed by atoms with van der Waals surface area (Å²) in [6.07, 6.45) is 0.182. The van der Waals surface area contributed by atoms with E-state index in [0.29, 0.717) is 19.5 Å². The molecule has 2 atom stereocenters. The zero-order chi connectivity index (χ0) is 20.8. The molecule has 0 bridgehead atoms. The lowest BCUT2D eigenvalue weighted by Gasteiger charge is -2.54. The summed E-state index contributed by atoms with van der Waals surface area (Å²) < 4.78 is 7.42. The lowest BCUT2D eigenvalue weighted by Crippen LogP contribution is -2.67. The van der Waals surface area contributed by atoms with E-state index in [1.807, 2.05) is 37.3 Å². The average molecular weight is 395 g/mol. The Morgan fingerprint density at radius 1 is 1.10 bits per heavy atom. The van der Waals surface area contributed by atoms with E-state index in [1.165, 1.54) is 4.57 Å². The average Bonchev–Trinajstić information content (AvgIpc) is 2.75. The number of benzene rings is 1. The van der Waals surface area contributed by atoms with Crippen LogP contribution in [0.2, 0.25) is 0 Å². The molecule has 2 aliphatic heterocycles. The van der Waals surface area contributed by atoms with Crippen molar-refractivity contribution in [2.75, 3.05) is 26.7 Å². The number of hydrogen-bond acceptors (Lipinski definition) is 4. The number of rotatable bonds is 2. The molecule has 0 radical (unpaired) electrons. The highest BCUT2D eigenvalue weighted by Crippen LogP contribution is 2.42. The van der Waals surface area contributed by atoms with Gasteiger partial charge in [-0.1, -0.05) is 30.3 Å². The van der Waals surface area contributed by atoms with E-state index in [0.717, 1.165) is 11.3 Å². The highest BCUT2D eigenvalue weighted by Gasteiger charge is 2.53. The smallest absolute Gasteiger partial charge is 0.263 e. The van der Waals surface area contributed by atoms with Gasteiger partial charge < -0.3 is 19.1 Å². The molecule has 29 heavy (non-hydrogen) atoms. The fourth-order valence-corrected chi connectivity index (χ4v) is 4.47. The molecule has 2 saturated heterocycles. The van der Waals surface area contributed by atoms with Crippen LogP contribution >= 0.6 is 0 Å². The van der Waals surface area contributed by atoms with Gasteiger partial charge in [0.15, 0.2) is 0 Å². The third kappa shape index (κ3) is 2.97. The predicted molar refractivity (Wildman–Crippen MR) is 108 cm³/mol. The maximum atomic E-state index is 13.1. The molecule has 7 heteroatoms. The molecule has 2 amide bonds. The van der Waals surface area contributed by atoms with Gasteiger partial charge in [-0.3, -0.25) is 14.4 Å². The van der Waals surface area contributed by atoms with Crippen LogP contribution in [0.5, 0.6) is 0 Å². The van der Waals surface area contributed by atoms with E-state index >= 15 is 0 Å². The Bertz CT molecular complexity index is 1020. The van der Waals surface area contributed by atoms with Crippen molar-refractivity contribution in [1.29, 1.82) is 0 Å². The number of nitrogens with zero attached hydrogens (tertiary/aromatic N) is 3. The minimum Gasteiger partial charge on any atom is -0.364 e. The van der Waals surface area contributed by atoms with E-state index < -0.39 is 5.54 Å². The highest BCUT2D eigenvalue weighted by molar-refractivity contribution is 5.94. The van der Waals surface area contributed by atoms with Crippen molar-refractivity contribution in [3.05, 3.63) is 69.6 Å². The maximum Gasteiger partial charge on any atom is 0.263 e. The van der Waals surface area contributed by atoms with Crippen LogP contribution in [0.1, 0.15) is 28.0 Å². The van der Waals surface area contributed by atoms with Crippen LogP contribution in [0.4, 0.5) is 0 Å².